The minimum absolute atomic E-state index is 0.00124. The summed E-state index contributed by atoms with van der Waals surface area (Å²) in [6.45, 7) is 10.4. The molecule has 0 spiro atoms. The predicted molar refractivity (Wildman–Crippen MR) is 99.5 cm³/mol. The molecule has 0 saturated heterocycles. The normalized spacial score (nSPS) is 10.8. The summed E-state index contributed by atoms with van der Waals surface area (Å²) in [5.74, 6) is -0.394. The molecule has 0 bridgehead atoms. The van der Waals surface area contributed by atoms with E-state index in [-0.39, 0.29) is 12.3 Å². The first-order chi connectivity index (χ1) is 11.9. The number of anilines is 1. The number of benzene rings is 1. The number of esters is 1. The third-order valence-corrected chi connectivity index (χ3v) is 4.16. The number of carbonyl (C=O) groups excluding carboxylic acids is 2. The molecule has 2 rings (SSSR count). The maximum absolute atomic E-state index is 12.6. The van der Waals surface area contributed by atoms with E-state index in [1.165, 1.54) is 0 Å². The van der Waals surface area contributed by atoms with Gasteiger partial charge in [-0.25, -0.2) is 4.79 Å². The summed E-state index contributed by atoms with van der Waals surface area (Å²) in [6, 6.07) is 9.29. The lowest BCUT2D eigenvalue weighted by Gasteiger charge is -2.14. The second kappa shape index (κ2) is 8.01. The van der Waals surface area contributed by atoms with E-state index in [1.54, 1.807) is 25.1 Å². The SMILES string of the molecule is CCOC(=O)c1ccccc1NCC(=O)c1cc(C)n(C(C)C)c1C. The topological polar surface area (TPSA) is 60.3 Å². The van der Waals surface area contributed by atoms with E-state index in [4.69, 9.17) is 4.74 Å². The summed E-state index contributed by atoms with van der Waals surface area (Å²) >= 11 is 0. The van der Waals surface area contributed by atoms with Gasteiger partial charge in [0.25, 0.3) is 0 Å². The average Bonchev–Trinajstić information content (AvgIpc) is 2.87. The summed E-state index contributed by atoms with van der Waals surface area (Å²) < 4.78 is 7.21. The van der Waals surface area contributed by atoms with Gasteiger partial charge >= 0.3 is 5.97 Å². The smallest absolute Gasteiger partial charge is 0.340 e. The Morgan fingerprint density at radius 2 is 1.84 bits per heavy atom. The van der Waals surface area contributed by atoms with Crippen LogP contribution in [0.4, 0.5) is 5.69 Å². The molecular weight excluding hydrogens is 316 g/mol. The largest absolute Gasteiger partial charge is 0.462 e. The first-order valence-electron chi connectivity index (χ1n) is 8.58. The monoisotopic (exact) mass is 342 g/mol. The van der Waals surface area contributed by atoms with Crippen molar-refractivity contribution in [1.29, 1.82) is 0 Å². The fraction of sp³-hybridized carbons (Fsp3) is 0.400. The first kappa shape index (κ1) is 18.8. The zero-order chi connectivity index (χ0) is 18.6. The number of Topliss-reactive ketones (excluding diaryl/α,β-unsaturated/α-hetero) is 1. The number of rotatable bonds is 7. The van der Waals surface area contributed by atoms with Crippen LogP contribution in [0.25, 0.3) is 0 Å². The molecule has 0 fully saturated rings. The van der Waals surface area contributed by atoms with Crippen molar-refractivity contribution < 1.29 is 14.3 Å². The Morgan fingerprint density at radius 1 is 1.16 bits per heavy atom. The Balaban J connectivity index is 2.16. The first-order valence-corrected chi connectivity index (χ1v) is 8.58. The van der Waals surface area contributed by atoms with Crippen molar-refractivity contribution in [3.8, 4) is 0 Å². The molecule has 2 aromatic rings. The highest BCUT2D eigenvalue weighted by atomic mass is 16.5. The van der Waals surface area contributed by atoms with Gasteiger partial charge in [0, 0.05) is 28.7 Å². The van der Waals surface area contributed by atoms with Crippen LogP contribution >= 0.6 is 0 Å². The molecule has 1 N–H and O–H groups in total. The number of nitrogens with one attached hydrogen (secondary N) is 1. The van der Waals surface area contributed by atoms with Gasteiger partial charge in [0.15, 0.2) is 5.78 Å². The second-order valence-electron chi connectivity index (χ2n) is 6.29. The zero-order valence-corrected chi connectivity index (χ0v) is 15.6. The minimum atomic E-state index is -0.393. The molecule has 0 amide bonds. The third-order valence-electron chi connectivity index (χ3n) is 4.16. The molecule has 1 heterocycles. The maximum Gasteiger partial charge on any atom is 0.340 e. The van der Waals surface area contributed by atoms with Crippen LogP contribution in [-0.4, -0.2) is 29.5 Å². The Kier molecular flexibility index (Phi) is 6.02. The second-order valence-corrected chi connectivity index (χ2v) is 6.29. The summed E-state index contributed by atoms with van der Waals surface area (Å²) in [7, 11) is 0. The highest BCUT2D eigenvalue weighted by Crippen LogP contribution is 2.21. The fourth-order valence-electron chi connectivity index (χ4n) is 3.15. The highest BCUT2D eigenvalue weighted by molar-refractivity contribution is 6.01. The van der Waals surface area contributed by atoms with Gasteiger partial charge in [-0.3, -0.25) is 4.79 Å². The quantitative estimate of drug-likeness (QED) is 0.606. The van der Waals surface area contributed by atoms with Crippen LogP contribution in [0, 0.1) is 13.8 Å². The number of hydrogen-bond acceptors (Lipinski definition) is 4. The summed E-state index contributed by atoms with van der Waals surface area (Å²) in [5.41, 5.74) is 3.80. The fourth-order valence-corrected chi connectivity index (χ4v) is 3.15. The Labute approximate surface area is 149 Å². The Morgan fingerprint density at radius 3 is 2.44 bits per heavy atom. The maximum atomic E-state index is 12.6. The molecule has 0 aliphatic heterocycles. The van der Waals surface area contributed by atoms with E-state index in [0.717, 1.165) is 11.4 Å². The van der Waals surface area contributed by atoms with Gasteiger partial charge in [0.2, 0.25) is 0 Å². The van der Waals surface area contributed by atoms with Crippen LogP contribution < -0.4 is 5.32 Å². The van der Waals surface area contributed by atoms with E-state index >= 15 is 0 Å². The molecule has 0 unspecified atom stereocenters. The third kappa shape index (κ3) is 4.10. The standard InChI is InChI=1S/C20H26N2O3/c1-6-25-20(24)16-9-7-8-10-18(16)21-12-19(23)17-11-14(4)22(13(2)3)15(17)5/h7-11,13,21H,6,12H2,1-5H3. The van der Waals surface area contributed by atoms with E-state index in [0.29, 0.717) is 29.5 Å². The summed E-state index contributed by atoms with van der Waals surface area (Å²) in [5, 5.41) is 3.08. The number of aryl methyl sites for hydroxylation is 1. The van der Waals surface area contributed by atoms with Crippen LogP contribution in [0.15, 0.2) is 30.3 Å². The van der Waals surface area contributed by atoms with Crippen molar-refractivity contribution in [3.05, 3.63) is 52.8 Å². The van der Waals surface area contributed by atoms with Crippen molar-refractivity contribution in [2.45, 2.75) is 40.7 Å². The summed E-state index contributed by atoms with van der Waals surface area (Å²) in [6.07, 6.45) is 0. The van der Waals surface area contributed by atoms with Crippen molar-refractivity contribution >= 4 is 17.4 Å². The van der Waals surface area contributed by atoms with E-state index < -0.39 is 5.97 Å². The number of carbonyl (C=O) groups is 2. The van der Waals surface area contributed by atoms with Gasteiger partial charge in [-0.15, -0.1) is 0 Å². The lowest BCUT2D eigenvalue weighted by atomic mass is 10.1. The minimum Gasteiger partial charge on any atom is -0.462 e. The molecule has 1 aromatic heterocycles. The Hall–Kier alpha value is -2.56. The van der Waals surface area contributed by atoms with Crippen molar-refractivity contribution in [2.24, 2.45) is 0 Å². The molecule has 0 saturated carbocycles. The number of nitrogens with zero attached hydrogens (tertiary/aromatic N) is 1. The van der Waals surface area contributed by atoms with Crippen LogP contribution in [0.2, 0.25) is 0 Å². The molecule has 134 valence electrons. The molecule has 25 heavy (non-hydrogen) atoms. The van der Waals surface area contributed by atoms with E-state index in [1.807, 2.05) is 26.0 Å². The highest BCUT2D eigenvalue weighted by Gasteiger charge is 2.18. The summed E-state index contributed by atoms with van der Waals surface area (Å²) in [4.78, 5) is 24.6. The van der Waals surface area contributed by atoms with Gasteiger partial charge in [-0.05, 0) is 52.8 Å². The number of para-hydroxylation sites is 1. The van der Waals surface area contributed by atoms with E-state index in [9.17, 15) is 9.59 Å². The van der Waals surface area contributed by atoms with Crippen LogP contribution in [0.5, 0.6) is 0 Å². The lowest BCUT2D eigenvalue weighted by molar-refractivity contribution is 0.0527. The molecule has 5 heteroatoms. The van der Waals surface area contributed by atoms with Crippen LogP contribution in [0.1, 0.15) is 58.9 Å². The van der Waals surface area contributed by atoms with Gasteiger partial charge in [-0.1, -0.05) is 12.1 Å². The average molecular weight is 342 g/mol. The van der Waals surface area contributed by atoms with Crippen molar-refractivity contribution in [2.75, 3.05) is 18.5 Å². The van der Waals surface area contributed by atoms with Crippen molar-refractivity contribution in [3.63, 3.8) is 0 Å². The molecule has 0 radical (unpaired) electrons. The number of aromatic nitrogens is 1. The van der Waals surface area contributed by atoms with Crippen LogP contribution in [0.3, 0.4) is 0 Å². The molecule has 0 aliphatic carbocycles. The van der Waals surface area contributed by atoms with Crippen molar-refractivity contribution in [1.82, 2.24) is 4.57 Å². The van der Waals surface area contributed by atoms with Gasteiger partial charge in [0.1, 0.15) is 0 Å². The number of hydrogen-bond donors (Lipinski definition) is 1. The zero-order valence-electron chi connectivity index (χ0n) is 15.6. The Bertz CT molecular complexity index is 775. The molecule has 1 aromatic carbocycles. The van der Waals surface area contributed by atoms with Crippen LogP contribution in [-0.2, 0) is 4.74 Å². The number of ketones is 1. The molecule has 0 aliphatic rings. The lowest BCUT2D eigenvalue weighted by Crippen LogP contribution is -2.17. The van der Waals surface area contributed by atoms with E-state index in [2.05, 4.69) is 23.7 Å². The number of ether oxygens (including phenoxy) is 1. The molecule has 0 atom stereocenters. The molecule has 5 nitrogen and oxygen atoms in total. The predicted octanol–water partition coefficient (Wildman–Crippen LogP) is 4.16. The van der Waals surface area contributed by atoms with Gasteiger partial charge in [0.05, 0.1) is 18.7 Å². The van der Waals surface area contributed by atoms with Gasteiger partial charge < -0.3 is 14.6 Å². The van der Waals surface area contributed by atoms with Gasteiger partial charge in [-0.2, -0.15) is 0 Å². The molecular formula is C20H26N2O3.